The number of nitrogens with zero attached hydrogens (tertiary/aromatic N) is 1. The molecule has 0 unspecified atom stereocenters. The van der Waals surface area contributed by atoms with Crippen LogP contribution in [0, 0.1) is 0 Å². The summed E-state index contributed by atoms with van der Waals surface area (Å²) >= 11 is 0. The molecule has 0 aromatic heterocycles. The van der Waals surface area contributed by atoms with Gasteiger partial charge < -0.3 is 9.90 Å². The van der Waals surface area contributed by atoms with Gasteiger partial charge in [0.05, 0.1) is 5.97 Å². The predicted octanol–water partition coefficient (Wildman–Crippen LogP) is 2.22. The topological polar surface area (TPSA) is 43.4 Å². The van der Waals surface area contributed by atoms with E-state index in [-0.39, 0.29) is 35.1 Å². The molecule has 1 saturated heterocycles. The van der Waals surface area contributed by atoms with Crippen molar-refractivity contribution in [2.75, 3.05) is 13.1 Å². The number of likely N-dealkylation sites (tertiary alicyclic amines) is 1. The van der Waals surface area contributed by atoms with Gasteiger partial charge in [-0.1, -0.05) is 87.6 Å². The van der Waals surface area contributed by atoms with E-state index >= 15 is 0 Å². The molecular formula is C25H32NNaO2. The number of benzene rings is 2. The fraction of sp³-hybridized carbons (Fsp3) is 0.480. The van der Waals surface area contributed by atoms with Crippen LogP contribution in [0.25, 0.3) is 11.1 Å². The van der Waals surface area contributed by atoms with E-state index in [1.807, 2.05) is 12.1 Å². The Balaban J connectivity index is 0.00000300. The number of rotatable bonds is 10. The van der Waals surface area contributed by atoms with Crippen LogP contribution in [0.15, 0.2) is 48.5 Å². The molecular weight excluding hydrogens is 369 g/mol. The van der Waals surface area contributed by atoms with E-state index in [2.05, 4.69) is 36.1 Å². The Morgan fingerprint density at radius 2 is 1.52 bits per heavy atom. The SMILES string of the molecule is CCCCCCCCN1CCC[C@@H]1c1ccc(-c2ccc(C(=O)[O-])cc2)cc1.[Na+]. The summed E-state index contributed by atoms with van der Waals surface area (Å²) in [6.45, 7) is 4.69. The average molecular weight is 402 g/mol. The van der Waals surface area contributed by atoms with Crippen molar-refractivity contribution in [1.29, 1.82) is 0 Å². The quantitative estimate of drug-likeness (QED) is 0.453. The van der Waals surface area contributed by atoms with Crippen LogP contribution in [0.4, 0.5) is 0 Å². The molecule has 1 aliphatic rings. The Hall–Kier alpha value is -1.13. The minimum Gasteiger partial charge on any atom is -0.545 e. The number of aromatic carboxylic acids is 1. The molecule has 0 radical (unpaired) electrons. The van der Waals surface area contributed by atoms with Gasteiger partial charge in [0, 0.05) is 6.04 Å². The zero-order chi connectivity index (χ0) is 19.8. The molecule has 0 amide bonds. The van der Waals surface area contributed by atoms with E-state index in [9.17, 15) is 9.90 Å². The van der Waals surface area contributed by atoms with Crippen molar-refractivity contribution in [2.24, 2.45) is 0 Å². The van der Waals surface area contributed by atoms with Crippen molar-refractivity contribution in [1.82, 2.24) is 4.90 Å². The monoisotopic (exact) mass is 401 g/mol. The van der Waals surface area contributed by atoms with Gasteiger partial charge in [0.1, 0.15) is 0 Å². The zero-order valence-corrected chi connectivity index (χ0v) is 20.0. The normalized spacial score (nSPS) is 16.5. The number of carboxylic acids is 1. The van der Waals surface area contributed by atoms with E-state index in [0.717, 1.165) is 11.1 Å². The van der Waals surface area contributed by atoms with Crippen LogP contribution < -0.4 is 34.7 Å². The molecule has 0 spiro atoms. The molecule has 1 heterocycles. The number of unbranched alkanes of at least 4 members (excludes halogenated alkanes) is 5. The summed E-state index contributed by atoms with van der Waals surface area (Å²) in [7, 11) is 0. The molecule has 3 nitrogen and oxygen atoms in total. The van der Waals surface area contributed by atoms with Gasteiger partial charge in [0.15, 0.2) is 0 Å². The summed E-state index contributed by atoms with van der Waals surface area (Å²) < 4.78 is 0. The van der Waals surface area contributed by atoms with Crippen LogP contribution in [-0.2, 0) is 0 Å². The van der Waals surface area contributed by atoms with Crippen molar-refractivity contribution < 1.29 is 39.5 Å². The van der Waals surface area contributed by atoms with Crippen LogP contribution >= 0.6 is 0 Å². The average Bonchev–Trinajstić information content (AvgIpc) is 3.19. The maximum absolute atomic E-state index is 10.9. The molecule has 1 atom stereocenters. The maximum Gasteiger partial charge on any atom is 1.00 e. The third kappa shape index (κ3) is 6.96. The summed E-state index contributed by atoms with van der Waals surface area (Å²) in [5.41, 5.74) is 3.77. The van der Waals surface area contributed by atoms with Gasteiger partial charge in [-0.2, -0.15) is 0 Å². The first-order chi connectivity index (χ1) is 13.7. The smallest absolute Gasteiger partial charge is 0.545 e. The van der Waals surface area contributed by atoms with E-state index in [0.29, 0.717) is 6.04 Å². The third-order valence-electron chi connectivity index (χ3n) is 5.91. The van der Waals surface area contributed by atoms with Crippen molar-refractivity contribution in [2.45, 2.75) is 64.3 Å². The summed E-state index contributed by atoms with van der Waals surface area (Å²) in [5, 5.41) is 10.9. The molecule has 0 N–H and O–H groups in total. The van der Waals surface area contributed by atoms with Crippen molar-refractivity contribution >= 4 is 5.97 Å². The number of hydrogen-bond acceptors (Lipinski definition) is 3. The second-order valence-electron chi connectivity index (χ2n) is 7.95. The molecule has 4 heteroatoms. The Morgan fingerprint density at radius 1 is 0.931 bits per heavy atom. The maximum atomic E-state index is 10.9. The first kappa shape index (κ1) is 24.1. The molecule has 0 aliphatic carbocycles. The van der Waals surface area contributed by atoms with E-state index in [1.165, 1.54) is 70.0 Å². The minimum atomic E-state index is -1.13. The fourth-order valence-corrected chi connectivity index (χ4v) is 4.26. The van der Waals surface area contributed by atoms with Crippen LogP contribution in [0.5, 0.6) is 0 Å². The van der Waals surface area contributed by atoms with Gasteiger partial charge in [-0.3, -0.25) is 4.90 Å². The minimum absolute atomic E-state index is 0. The fourth-order valence-electron chi connectivity index (χ4n) is 4.26. The number of carbonyl (C=O) groups excluding carboxylic acids is 1. The Bertz CT molecular complexity index is 742. The Labute approximate surface area is 197 Å². The van der Waals surface area contributed by atoms with E-state index < -0.39 is 5.97 Å². The van der Waals surface area contributed by atoms with Gasteiger partial charge in [-0.05, 0) is 54.6 Å². The second kappa shape index (κ2) is 12.5. The third-order valence-corrected chi connectivity index (χ3v) is 5.91. The molecule has 3 rings (SSSR count). The predicted molar refractivity (Wildman–Crippen MR) is 113 cm³/mol. The molecule has 1 aliphatic heterocycles. The molecule has 0 saturated carbocycles. The van der Waals surface area contributed by atoms with Crippen molar-refractivity contribution in [3.05, 3.63) is 59.7 Å². The number of carboxylic acid groups (broad SMARTS) is 1. The summed E-state index contributed by atoms with van der Waals surface area (Å²) in [5.74, 6) is -1.13. The molecule has 0 bridgehead atoms. The first-order valence-electron chi connectivity index (χ1n) is 10.8. The van der Waals surface area contributed by atoms with Crippen molar-refractivity contribution in [3.8, 4) is 11.1 Å². The molecule has 150 valence electrons. The largest absolute Gasteiger partial charge is 1.00 e. The summed E-state index contributed by atoms with van der Waals surface area (Å²) in [6.07, 6.45) is 10.6. The van der Waals surface area contributed by atoms with Crippen LogP contribution in [0.3, 0.4) is 0 Å². The standard InChI is InChI=1S/C25H33NO2.Na/c1-2-3-4-5-6-7-18-26-19-8-9-24(26)22-14-10-20(11-15-22)21-12-16-23(17-13-21)25(27)28;/h10-17,24H,2-9,18-19H2,1H3,(H,27,28);/q;+1/p-1/t24-;/m1./s1. The molecule has 2 aromatic carbocycles. The van der Waals surface area contributed by atoms with E-state index in [4.69, 9.17) is 0 Å². The zero-order valence-electron chi connectivity index (χ0n) is 18.0. The first-order valence-corrected chi connectivity index (χ1v) is 10.8. The molecule has 2 aromatic rings. The number of hydrogen-bond donors (Lipinski definition) is 0. The van der Waals surface area contributed by atoms with Crippen LogP contribution in [0.2, 0.25) is 0 Å². The summed E-state index contributed by atoms with van der Waals surface area (Å²) in [4.78, 5) is 13.6. The van der Waals surface area contributed by atoms with E-state index in [1.54, 1.807) is 12.1 Å². The molecule has 29 heavy (non-hydrogen) atoms. The Morgan fingerprint density at radius 3 is 2.14 bits per heavy atom. The van der Waals surface area contributed by atoms with Gasteiger partial charge in [0.2, 0.25) is 0 Å². The van der Waals surface area contributed by atoms with Gasteiger partial charge in [-0.15, -0.1) is 0 Å². The van der Waals surface area contributed by atoms with Gasteiger partial charge >= 0.3 is 29.6 Å². The van der Waals surface area contributed by atoms with Crippen LogP contribution in [-0.4, -0.2) is 24.0 Å². The second-order valence-corrected chi connectivity index (χ2v) is 7.95. The van der Waals surface area contributed by atoms with Gasteiger partial charge in [0.25, 0.3) is 0 Å². The number of carbonyl (C=O) groups is 1. The van der Waals surface area contributed by atoms with Gasteiger partial charge in [-0.25, -0.2) is 0 Å². The Kier molecular flexibility index (Phi) is 10.4. The van der Waals surface area contributed by atoms with Crippen molar-refractivity contribution in [3.63, 3.8) is 0 Å². The summed E-state index contributed by atoms with van der Waals surface area (Å²) in [6, 6.07) is 16.3. The van der Waals surface area contributed by atoms with Crippen LogP contribution in [0.1, 0.15) is 80.3 Å². The molecule has 1 fully saturated rings.